The van der Waals surface area contributed by atoms with E-state index in [9.17, 15) is 8.78 Å². The molecule has 0 aromatic carbocycles. The Bertz CT molecular complexity index is 514. The van der Waals surface area contributed by atoms with Gasteiger partial charge in [0.2, 0.25) is 0 Å². The lowest BCUT2D eigenvalue weighted by molar-refractivity contribution is -0.0603. The van der Waals surface area contributed by atoms with Crippen LogP contribution in [0.4, 0.5) is 8.78 Å². The van der Waals surface area contributed by atoms with Crippen molar-refractivity contribution in [2.24, 2.45) is 17.8 Å². The predicted molar refractivity (Wildman–Crippen MR) is 103 cm³/mol. The van der Waals surface area contributed by atoms with Crippen LogP contribution < -0.4 is 0 Å². The zero-order valence-corrected chi connectivity index (χ0v) is 17.4. The third-order valence-electron chi connectivity index (χ3n) is 6.27. The van der Waals surface area contributed by atoms with Crippen LogP contribution in [0, 0.1) is 17.8 Å². The molecule has 2 unspecified atom stereocenters. The molecule has 1 saturated carbocycles. The Kier molecular flexibility index (Phi) is 9.07. The number of ether oxygens (including phenoxy) is 3. The highest BCUT2D eigenvalue weighted by atomic mass is 19.2. The largest absolute Gasteiger partial charge is 0.498 e. The van der Waals surface area contributed by atoms with Gasteiger partial charge in [0.05, 0.1) is 19.8 Å². The van der Waals surface area contributed by atoms with Crippen LogP contribution in [0.1, 0.15) is 72.1 Å². The third kappa shape index (κ3) is 6.20. The first-order valence-corrected chi connectivity index (χ1v) is 10.5. The molecule has 0 aromatic rings. The fourth-order valence-corrected chi connectivity index (χ4v) is 4.15. The fraction of sp³-hybridized carbons (Fsp3) is 0.818. The van der Waals surface area contributed by atoms with Crippen LogP contribution in [0.3, 0.4) is 0 Å². The highest BCUT2D eigenvalue weighted by Gasteiger charge is 2.31. The number of hydrogen-bond acceptors (Lipinski definition) is 3. The second kappa shape index (κ2) is 11.0. The summed E-state index contributed by atoms with van der Waals surface area (Å²) in [5.74, 6) is -0.131. The van der Waals surface area contributed by atoms with Crippen molar-refractivity contribution < 1.29 is 23.0 Å². The molecule has 0 bridgehead atoms. The van der Waals surface area contributed by atoms with Gasteiger partial charge in [0.25, 0.3) is 0 Å². The van der Waals surface area contributed by atoms with Crippen molar-refractivity contribution in [3.05, 3.63) is 23.2 Å². The standard InChI is InChI=1S/C22H36F2O3/c1-5-16-9-12-20(27-13-16)18-10-7-17(8-11-18)14-26-19(6-2)22(24)21(23)15(3)25-4/h16-18,20H,5-14H2,1-4H3/b21-15-,22-19-. The summed E-state index contributed by atoms with van der Waals surface area (Å²) in [6.45, 7) is 6.77. The molecule has 0 radical (unpaired) electrons. The van der Waals surface area contributed by atoms with Gasteiger partial charge in [-0.1, -0.05) is 20.3 Å². The van der Waals surface area contributed by atoms with Crippen molar-refractivity contribution in [1.29, 1.82) is 0 Å². The maximum atomic E-state index is 14.2. The molecule has 0 spiro atoms. The molecule has 1 aliphatic carbocycles. The normalized spacial score (nSPS) is 31.0. The van der Waals surface area contributed by atoms with E-state index in [4.69, 9.17) is 14.2 Å². The molecular formula is C22H36F2O3. The molecule has 5 heteroatoms. The zero-order valence-electron chi connectivity index (χ0n) is 17.4. The molecular weight excluding hydrogens is 350 g/mol. The molecule has 2 aliphatic rings. The number of rotatable bonds is 8. The van der Waals surface area contributed by atoms with Gasteiger partial charge in [0, 0.05) is 13.0 Å². The first kappa shape index (κ1) is 22.2. The summed E-state index contributed by atoms with van der Waals surface area (Å²) in [5, 5.41) is 0. The molecule has 27 heavy (non-hydrogen) atoms. The van der Waals surface area contributed by atoms with Crippen LogP contribution in [0.15, 0.2) is 23.2 Å². The van der Waals surface area contributed by atoms with Gasteiger partial charge >= 0.3 is 0 Å². The van der Waals surface area contributed by atoms with Crippen LogP contribution in [0.25, 0.3) is 0 Å². The Balaban J connectivity index is 1.80. The SMILES string of the molecule is CC/C(OCC1CCC(C2CCC(CC)CO2)CC1)=C(F)\C(F)=C(/C)OC. The second-order valence-electron chi connectivity index (χ2n) is 7.98. The van der Waals surface area contributed by atoms with E-state index in [0.29, 0.717) is 31.0 Å². The summed E-state index contributed by atoms with van der Waals surface area (Å²) in [6.07, 6.45) is 8.82. The lowest BCUT2D eigenvalue weighted by Crippen LogP contribution is -2.34. The van der Waals surface area contributed by atoms with Gasteiger partial charge in [-0.25, -0.2) is 0 Å². The smallest absolute Gasteiger partial charge is 0.199 e. The van der Waals surface area contributed by atoms with Crippen molar-refractivity contribution in [2.45, 2.75) is 78.2 Å². The van der Waals surface area contributed by atoms with Gasteiger partial charge in [0.15, 0.2) is 11.7 Å². The van der Waals surface area contributed by atoms with E-state index in [1.807, 2.05) is 0 Å². The molecule has 1 saturated heterocycles. The van der Waals surface area contributed by atoms with Gasteiger partial charge in [0.1, 0.15) is 11.5 Å². The van der Waals surface area contributed by atoms with E-state index in [1.165, 1.54) is 33.3 Å². The highest BCUT2D eigenvalue weighted by Crippen LogP contribution is 2.37. The molecule has 1 aliphatic heterocycles. The van der Waals surface area contributed by atoms with E-state index < -0.39 is 11.7 Å². The minimum atomic E-state index is -0.974. The van der Waals surface area contributed by atoms with Crippen LogP contribution in [-0.4, -0.2) is 26.4 Å². The Hall–Kier alpha value is -1.10. The van der Waals surface area contributed by atoms with E-state index in [2.05, 4.69) is 6.92 Å². The Morgan fingerprint density at radius 3 is 2.15 bits per heavy atom. The Labute approximate surface area is 163 Å². The lowest BCUT2D eigenvalue weighted by atomic mass is 9.77. The first-order valence-electron chi connectivity index (χ1n) is 10.5. The molecule has 156 valence electrons. The Morgan fingerprint density at radius 2 is 1.63 bits per heavy atom. The summed E-state index contributed by atoms with van der Waals surface area (Å²) in [6, 6.07) is 0. The summed E-state index contributed by atoms with van der Waals surface area (Å²) >= 11 is 0. The average Bonchev–Trinajstić information content (AvgIpc) is 2.73. The van der Waals surface area contributed by atoms with Gasteiger partial charge in [-0.3, -0.25) is 0 Å². The summed E-state index contributed by atoms with van der Waals surface area (Å²) in [5.41, 5.74) is 0. The number of hydrogen-bond donors (Lipinski definition) is 0. The molecule has 1 heterocycles. The maximum absolute atomic E-state index is 14.2. The summed E-state index contributed by atoms with van der Waals surface area (Å²) < 4.78 is 44.7. The van der Waals surface area contributed by atoms with Crippen LogP contribution in [0.2, 0.25) is 0 Å². The van der Waals surface area contributed by atoms with E-state index >= 15 is 0 Å². The predicted octanol–water partition coefficient (Wildman–Crippen LogP) is 6.45. The number of halogens is 2. The number of methoxy groups -OCH3 is 1. The summed E-state index contributed by atoms with van der Waals surface area (Å²) in [7, 11) is 1.32. The zero-order chi connectivity index (χ0) is 19.8. The van der Waals surface area contributed by atoms with Crippen molar-refractivity contribution in [3.8, 4) is 0 Å². The monoisotopic (exact) mass is 386 g/mol. The summed E-state index contributed by atoms with van der Waals surface area (Å²) in [4.78, 5) is 0. The van der Waals surface area contributed by atoms with E-state index in [1.54, 1.807) is 6.92 Å². The van der Waals surface area contributed by atoms with E-state index in [-0.39, 0.29) is 11.5 Å². The quantitative estimate of drug-likeness (QED) is 0.354. The van der Waals surface area contributed by atoms with Crippen LogP contribution >= 0.6 is 0 Å². The lowest BCUT2D eigenvalue weighted by Gasteiger charge is -2.37. The average molecular weight is 387 g/mol. The molecule has 3 nitrogen and oxygen atoms in total. The van der Waals surface area contributed by atoms with Crippen molar-refractivity contribution in [3.63, 3.8) is 0 Å². The molecule has 0 N–H and O–H groups in total. The van der Waals surface area contributed by atoms with Crippen LogP contribution in [0.5, 0.6) is 0 Å². The first-order chi connectivity index (χ1) is 13.0. The molecule has 2 fully saturated rings. The minimum absolute atomic E-state index is 0.0691. The highest BCUT2D eigenvalue weighted by molar-refractivity contribution is 5.24. The minimum Gasteiger partial charge on any atom is -0.498 e. The van der Waals surface area contributed by atoms with Gasteiger partial charge in [-0.15, -0.1) is 0 Å². The van der Waals surface area contributed by atoms with Gasteiger partial charge in [-0.2, -0.15) is 8.78 Å². The number of allylic oxidation sites excluding steroid dienone is 4. The fourth-order valence-electron chi connectivity index (χ4n) is 4.15. The molecule has 0 amide bonds. The van der Waals surface area contributed by atoms with Crippen LogP contribution in [-0.2, 0) is 14.2 Å². The van der Waals surface area contributed by atoms with Crippen molar-refractivity contribution in [2.75, 3.05) is 20.3 Å². The Morgan fingerprint density at radius 1 is 0.963 bits per heavy atom. The van der Waals surface area contributed by atoms with Crippen molar-refractivity contribution in [1.82, 2.24) is 0 Å². The topological polar surface area (TPSA) is 27.7 Å². The molecule has 2 rings (SSSR count). The molecule has 2 atom stereocenters. The van der Waals surface area contributed by atoms with Crippen molar-refractivity contribution >= 4 is 0 Å². The van der Waals surface area contributed by atoms with Gasteiger partial charge < -0.3 is 14.2 Å². The second-order valence-corrected chi connectivity index (χ2v) is 7.98. The third-order valence-corrected chi connectivity index (χ3v) is 6.27. The molecule has 0 aromatic heterocycles. The maximum Gasteiger partial charge on any atom is 0.199 e. The van der Waals surface area contributed by atoms with Gasteiger partial charge in [-0.05, 0) is 63.2 Å². The van der Waals surface area contributed by atoms with E-state index in [0.717, 1.165) is 38.2 Å².